The average molecular weight is 267 g/mol. The molecule has 2 nitrogen and oxygen atoms in total. The highest BCUT2D eigenvalue weighted by Crippen LogP contribution is 2.31. The van der Waals surface area contributed by atoms with E-state index in [1.54, 1.807) is 6.07 Å². The van der Waals surface area contributed by atoms with Gasteiger partial charge in [-0.3, -0.25) is 0 Å². The summed E-state index contributed by atoms with van der Waals surface area (Å²) in [5, 5.41) is 0. The lowest BCUT2D eigenvalue weighted by Crippen LogP contribution is -2.15. The second kappa shape index (κ2) is 5.32. The maximum absolute atomic E-state index is 13.8. The summed E-state index contributed by atoms with van der Waals surface area (Å²) in [6, 6.07) is 6.55. The Balaban J connectivity index is 2.49. The first-order valence-electron chi connectivity index (χ1n) is 5.57. The minimum atomic E-state index is -1.02. The van der Waals surface area contributed by atoms with E-state index in [-0.39, 0.29) is 16.9 Å². The second-order valence-corrected chi connectivity index (χ2v) is 4.01. The highest BCUT2D eigenvalue weighted by atomic mass is 19.2. The molecule has 2 N–H and O–H groups in total. The van der Waals surface area contributed by atoms with Crippen LogP contribution in [-0.2, 0) is 0 Å². The summed E-state index contributed by atoms with van der Waals surface area (Å²) in [6.45, 7) is 0. The maximum Gasteiger partial charge on any atom is 0.159 e. The van der Waals surface area contributed by atoms with Crippen molar-refractivity contribution in [3.8, 4) is 5.75 Å². The minimum Gasteiger partial charge on any atom is -0.496 e. The van der Waals surface area contributed by atoms with E-state index in [1.807, 2.05) is 0 Å². The van der Waals surface area contributed by atoms with Crippen molar-refractivity contribution in [2.45, 2.75) is 6.04 Å². The van der Waals surface area contributed by atoms with Crippen molar-refractivity contribution in [2.24, 2.45) is 5.73 Å². The predicted octanol–water partition coefficient (Wildman–Crippen LogP) is 3.16. The van der Waals surface area contributed by atoms with Crippen LogP contribution in [0.2, 0.25) is 0 Å². The highest BCUT2D eigenvalue weighted by molar-refractivity contribution is 5.42. The molecule has 0 spiro atoms. The van der Waals surface area contributed by atoms with Gasteiger partial charge < -0.3 is 10.5 Å². The number of benzene rings is 2. The Labute approximate surface area is 108 Å². The summed E-state index contributed by atoms with van der Waals surface area (Å²) >= 11 is 0. The Hall–Kier alpha value is -2.01. The van der Waals surface area contributed by atoms with Gasteiger partial charge in [-0.25, -0.2) is 13.2 Å². The van der Waals surface area contributed by atoms with E-state index in [9.17, 15) is 13.2 Å². The summed E-state index contributed by atoms with van der Waals surface area (Å²) in [5.41, 5.74) is 6.28. The molecule has 0 saturated carbocycles. The van der Waals surface area contributed by atoms with Crippen LogP contribution in [0, 0.1) is 17.5 Å². The molecule has 0 saturated heterocycles. The second-order valence-electron chi connectivity index (χ2n) is 4.01. The Bertz CT molecular complexity index is 601. The first kappa shape index (κ1) is 13.4. The van der Waals surface area contributed by atoms with Gasteiger partial charge in [-0.2, -0.15) is 0 Å². The summed E-state index contributed by atoms with van der Waals surface area (Å²) in [6.07, 6.45) is 0. The van der Waals surface area contributed by atoms with E-state index in [1.165, 1.54) is 25.3 Å². The van der Waals surface area contributed by atoms with Crippen molar-refractivity contribution in [2.75, 3.05) is 7.11 Å². The quantitative estimate of drug-likeness (QED) is 0.927. The van der Waals surface area contributed by atoms with Gasteiger partial charge in [0, 0.05) is 0 Å². The summed E-state index contributed by atoms with van der Waals surface area (Å²) in [7, 11) is 1.39. The molecule has 2 rings (SSSR count). The Kier molecular flexibility index (Phi) is 3.76. The molecule has 0 fully saturated rings. The van der Waals surface area contributed by atoms with E-state index >= 15 is 0 Å². The molecule has 0 heterocycles. The van der Waals surface area contributed by atoms with Crippen LogP contribution in [0.15, 0.2) is 36.4 Å². The molecule has 19 heavy (non-hydrogen) atoms. The standard InChI is InChI=1S/C14H12F3NO/c1-19-12-4-2-3-10(16)13(12)14(18)8-5-6-9(15)11(17)7-8/h2-7,14H,18H2,1H3. The zero-order valence-corrected chi connectivity index (χ0v) is 10.2. The number of hydrogen-bond donors (Lipinski definition) is 1. The van der Waals surface area contributed by atoms with Gasteiger partial charge in [0.2, 0.25) is 0 Å². The van der Waals surface area contributed by atoms with Crippen LogP contribution in [-0.4, -0.2) is 7.11 Å². The molecular weight excluding hydrogens is 255 g/mol. The normalized spacial score (nSPS) is 12.3. The zero-order valence-electron chi connectivity index (χ0n) is 10.2. The average Bonchev–Trinajstić information content (AvgIpc) is 2.40. The van der Waals surface area contributed by atoms with Crippen LogP contribution in [0.4, 0.5) is 13.2 Å². The molecule has 1 unspecified atom stereocenters. The third kappa shape index (κ3) is 2.56. The fraction of sp³-hybridized carbons (Fsp3) is 0.143. The van der Waals surface area contributed by atoms with Crippen LogP contribution < -0.4 is 10.5 Å². The molecule has 100 valence electrons. The highest BCUT2D eigenvalue weighted by Gasteiger charge is 2.19. The molecule has 1 atom stereocenters. The Morgan fingerprint density at radius 1 is 1.00 bits per heavy atom. The topological polar surface area (TPSA) is 35.2 Å². The fourth-order valence-electron chi connectivity index (χ4n) is 1.87. The van der Waals surface area contributed by atoms with E-state index in [2.05, 4.69) is 0 Å². The van der Waals surface area contributed by atoms with Crippen LogP contribution in [0.5, 0.6) is 5.75 Å². The first-order valence-corrected chi connectivity index (χ1v) is 5.57. The molecular formula is C14H12F3NO. The van der Waals surface area contributed by atoms with Crippen molar-refractivity contribution < 1.29 is 17.9 Å². The lowest BCUT2D eigenvalue weighted by molar-refractivity contribution is 0.402. The third-order valence-electron chi connectivity index (χ3n) is 2.85. The van der Waals surface area contributed by atoms with Gasteiger partial charge in [0.05, 0.1) is 18.7 Å². The van der Waals surface area contributed by atoms with Gasteiger partial charge in [-0.15, -0.1) is 0 Å². The van der Waals surface area contributed by atoms with E-state index < -0.39 is 23.5 Å². The Morgan fingerprint density at radius 2 is 1.74 bits per heavy atom. The largest absolute Gasteiger partial charge is 0.496 e. The summed E-state index contributed by atoms with van der Waals surface area (Å²) < 4.78 is 44.9. The minimum absolute atomic E-state index is 0.107. The van der Waals surface area contributed by atoms with Gasteiger partial charge in [-0.05, 0) is 29.8 Å². The number of halogens is 3. The molecule has 0 amide bonds. The number of ether oxygens (including phenoxy) is 1. The van der Waals surface area contributed by atoms with Crippen molar-refractivity contribution >= 4 is 0 Å². The van der Waals surface area contributed by atoms with Gasteiger partial charge >= 0.3 is 0 Å². The SMILES string of the molecule is COc1cccc(F)c1C(N)c1ccc(F)c(F)c1. The molecule has 0 aliphatic carbocycles. The maximum atomic E-state index is 13.8. The van der Waals surface area contributed by atoms with Crippen molar-refractivity contribution in [3.63, 3.8) is 0 Å². The van der Waals surface area contributed by atoms with Crippen LogP contribution in [0.3, 0.4) is 0 Å². The van der Waals surface area contributed by atoms with Gasteiger partial charge in [0.1, 0.15) is 11.6 Å². The monoisotopic (exact) mass is 267 g/mol. The number of nitrogens with two attached hydrogens (primary N) is 1. The Morgan fingerprint density at radius 3 is 2.37 bits per heavy atom. The summed E-state index contributed by atoms with van der Waals surface area (Å²) in [5.74, 6) is -2.30. The molecule has 0 aliphatic heterocycles. The number of methoxy groups -OCH3 is 1. The van der Waals surface area contributed by atoms with Crippen molar-refractivity contribution in [1.82, 2.24) is 0 Å². The van der Waals surface area contributed by atoms with Gasteiger partial charge in [-0.1, -0.05) is 12.1 Å². The molecule has 0 aliphatic rings. The molecule has 5 heteroatoms. The lowest BCUT2D eigenvalue weighted by atomic mass is 9.98. The van der Waals surface area contributed by atoms with Gasteiger partial charge in [0.25, 0.3) is 0 Å². The zero-order chi connectivity index (χ0) is 14.0. The lowest BCUT2D eigenvalue weighted by Gasteiger charge is -2.17. The first-order chi connectivity index (χ1) is 9.04. The van der Waals surface area contributed by atoms with Crippen LogP contribution in [0.1, 0.15) is 17.2 Å². The third-order valence-corrected chi connectivity index (χ3v) is 2.85. The van der Waals surface area contributed by atoms with E-state index in [0.717, 1.165) is 12.1 Å². The van der Waals surface area contributed by atoms with E-state index in [4.69, 9.17) is 10.5 Å². The summed E-state index contributed by atoms with van der Waals surface area (Å²) in [4.78, 5) is 0. The van der Waals surface area contributed by atoms with Crippen molar-refractivity contribution in [1.29, 1.82) is 0 Å². The molecule has 0 bridgehead atoms. The number of rotatable bonds is 3. The molecule has 2 aromatic rings. The molecule has 0 radical (unpaired) electrons. The molecule has 2 aromatic carbocycles. The van der Waals surface area contributed by atoms with Crippen LogP contribution >= 0.6 is 0 Å². The van der Waals surface area contributed by atoms with Crippen LogP contribution in [0.25, 0.3) is 0 Å². The van der Waals surface area contributed by atoms with Gasteiger partial charge in [0.15, 0.2) is 11.6 Å². The van der Waals surface area contributed by atoms with Crippen molar-refractivity contribution in [3.05, 3.63) is 65.0 Å². The van der Waals surface area contributed by atoms with E-state index in [0.29, 0.717) is 0 Å². The molecule has 0 aromatic heterocycles. The predicted molar refractivity (Wildman–Crippen MR) is 65.3 cm³/mol. The smallest absolute Gasteiger partial charge is 0.159 e. The number of hydrogen-bond acceptors (Lipinski definition) is 2. The fourth-order valence-corrected chi connectivity index (χ4v) is 1.87.